The molecule has 0 saturated carbocycles. The second-order valence-electron chi connectivity index (χ2n) is 7.60. The standard InChI is InChI=1S/C20H31NO5/c1-6-25-18(22)16-11-12-21(19(23)26-20(2,3)4)13-17(16)14-7-9-15(24-5)10-8-14/h7-10,16-18,22H,6,11-13H2,1-5H3/t16?,17-,18?/m0/s1. The van der Waals surface area contributed by atoms with Gasteiger partial charge in [-0.05, 0) is 51.8 Å². The molecular formula is C20H31NO5. The minimum Gasteiger partial charge on any atom is -0.497 e. The molecule has 1 aliphatic rings. The summed E-state index contributed by atoms with van der Waals surface area (Å²) in [7, 11) is 1.63. The van der Waals surface area contributed by atoms with Gasteiger partial charge in [-0.25, -0.2) is 4.79 Å². The van der Waals surface area contributed by atoms with Gasteiger partial charge in [0.25, 0.3) is 0 Å². The smallest absolute Gasteiger partial charge is 0.410 e. The van der Waals surface area contributed by atoms with Gasteiger partial charge in [-0.1, -0.05) is 12.1 Å². The van der Waals surface area contributed by atoms with Gasteiger partial charge in [-0.15, -0.1) is 0 Å². The van der Waals surface area contributed by atoms with Gasteiger partial charge in [0, 0.05) is 31.5 Å². The molecule has 1 fully saturated rings. The second-order valence-corrected chi connectivity index (χ2v) is 7.60. The lowest BCUT2D eigenvalue weighted by molar-refractivity contribution is -0.145. The SMILES string of the molecule is CCOC(O)C1CCN(C(=O)OC(C)(C)C)C[C@H]1c1ccc(OC)cc1. The molecule has 2 rings (SSSR count). The highest BCUT2D eigenvalue weighted by Gasteiger charge is 2.38. The van der Waals surface area contributed by atoms with E-state index in [9.17, 15) is 9.90 Å². The Morgan fingerprint density at radius 3 is 2.50 bits per heavy atom. The summed E-state index contributed by atoms with van der Waals surface area (Å²) in [6.45, 7) is 8.91. The maximum atomic E-state index is 12.5. The molecule has 1 aromatic rings. The number of carbonyl (C=O) groups excluding carboxylic acids is 1. The summed E-state index contributed by atoms with van der Waals surface area (Å²) in [5.74, 6) is 0.654. The van der Waals surface area contributed by atoms with Crippen molar-refractivity contribution in [3.63, 3.8) is 0 Å². The summed E-state index contributed by atoms with van der Waals surface area (Å²) in [6, 6.07) is 7.75. The third-order valence-electron chi connectivity index (χ3n) is 4.57. The zero-order valence-corrected chi connectivity index (χ0v) is 16.4. The summed E-state index contributed by atoms with van der Waals surface area (Å²) in [6.07, 6.45) is -0.523. The molecule has 0 aromatic heterocycles. The zero-order chi connectivity index (χ0) is 19.3. The van der Waals surface area contributed by atoms with Crippen LogP contribution < -0.4 is 4.74 Å². The lowest BCUT2D eigenvalue weighted by atomic mass is 9.80. The van der Waals surface area contributed by atoms with Crippen molar-refractivity contribution in [1.82, 2.24) is 4.90 Å². The Morgan fingerprint density at radius 2 is 1.96 bits per heavy atom. The average molecular weight is 365 g/mol. The largest absolute Gasteiger partial charge is 0.497 e. The summed E-state index contributed by atoms with van der Waals surface area (Å²) in [4.78, 5) is 14.2. The third-order valence-corrected chi connectivity index (χ3v) is 4.57. The lowest BCUT2D eigenvalue weighted by Crippen LogP contribution is -2.47. The molecule has 3 atom stereocenters. The Balaban J connectivity index is 2.21. The highest BCUT2D eigenvalue weighted by Crippen LogP contribution is 2.36. The molecule has 0 bridgehead atoms. The lowest BCUT2D eigenvalue weighted by Gasteiger charge is -2.40. The van der Waals surface area contributed by atoms with E-state index in [1.54, 1.807) is 12.0 Å². The molecule has 1 saturated heterocycles. The molecular weight excluding hydrogens is 334 g/mol. The van der Waals surface area contributed by atoms with Gasteiger partial charge in [-0.3, -0.25) is 0 Å². The Kier molecular flexibility index (Phi) is 6.89. The fraction of sp³-hybridized carbons (Fsp3) is 0.650. The van der Waals surface area contributed by atoms with Gasteiger partial charge in [-0.2, -0.15) is 0 Å². The normalized spacial score (nSPS) is 22.0. The predicted molar refractivity (Wildman–Crippen MR) is 99.3 cm³/mol. The number of carbonyl (C=O) groups is 1. The topological polar surface area (TPSA) is 68.2 Å². The Hall–Kier alpha value is -1.79. The monoisotopic (exact) mass is 365 g/mol. The average Bonchev–Trinajstić information content (AvgIpc) is 2.60. The van der Waals surface area contributed by atoms with Crippen molar-refractivity contribution < 1.29 is 24.1 Å². The molecule has 1 aromatic carbocycles. The van der Waals surface area contributed by atoms with Crippen LogP contribution >= 0.6 is 0 Å². The van der Waals surface area contributed by atoms with E-state index < -0.39 is 11.9 Å². The predicted octanol–water partition coefficient (Wildman–Crippen LogP) is 3.39. The zero-order valence-electron chi connectivity index (χ0n) is 16.4. The first kappa shape index (κ1) is 20.5. The van der Waals surface area contributed by atoms with Gasteiger partial charge in [0.15, 0.2) is 6.29 Å². The van der Waals surface area contributed by atoms with Gasteiger partial charge >= 0.3 is 6.09 Å². The minimum atomic E-state index is -0.854. The van der Waals surface area contributed by atoms with Crippen molar-refractivity contribution in [3.8, 4) is 5.75 Å². The van der Waals surface area contributed by atoms with Crippen LogP contribution in [0.25, 0.3) is 0 Å². The van der Waals surface area contributed by atoms with Crippen molar-refractivity contribution in [2.24, 2.45) is 5.92 Å². The van der Waals surface area contributed by atoms with Crippen molar-refractivity contribution in [1.29, 1.82) is 0 Å². The minimum absolute atomic E-state index is 0.0382. The number of aliphatic hydroxyl groups is 1. The summed E-state index contributed by atoms with van der Waals surface area (Å²) >= 11 is 0. The number of amides is 1. The van der Waals surface area contributed by atoms with Crippen LogP contribution in [0.3, 0.4) is 0 Å². The van der Waals surface area contributed by atoms with Crippen LogP contribution in [-0.4, -0.2) is 54.8 Å². The van der Waals surface area contributed by atoms with Crippen LogP contribution in [-0.2, 0) is 9.47 Å². The van der Waals surface area contributed by atoms with E-state index in [0.717, 1.165) is 11.3 Å². The number of nitrogens with zero attached hydrogens (tertiary/aromatic N) is 1. The number of piperidine rings is 1. The second kappa shape index (κ2) is 8.73. The molecule has 0 radical (unpaired) electrons. The number of methoxy groups -OCH3 is 1. The molecule has 26 heavy (non-hydrogen) atoms. The molecule has 0 aliphatic carbocycles. The molecule has 1 heterocycles. The Bertz CT molecular complexity index is 581. The van der Waals surface area contributed by atoms with Crippen LogP contribution in [0.2, 0.25) is 0 Å². The highest BCUT2D eigenvalue weighted by atomic mass is 16.6. The van der Waals surface area contributed by atoms with E-state index >= 15 is 0 Å². The van der Waals surface area contributed by atoms with E-state index in [1.165, 1.54) is 0 Å². The number of benzene rings is 1. The molecule has 1 amide bonds. The van der Waals surface area contributed by atoms with Crippen LogP contribution in [0.1, 0.15) is 45.6 Å². The Labute approximate surface area is 156 Å². The molecule has 1 N–H and O–H groups in total. The number of hydrogen-bond acceptors (Lipinski definition) is 5. The first-order chi connectivity index (χ1) is 12.2. The number of likely N-dealkylation sites (tertiary alicyclic amines) is 1. The third kappa shape index (κ3) is 5.35. The quantitative estimate of drug-likeness (QED) is 0.810. The number of aliphatic hydroxyl groups excluding tert-OH is 1. The van der Waals surface area contributed by atoms with Crippen molar-refractivity contribution in [3.05, 3.63) is 29.8 Å². The molecule has 146 valence electrons. The van der Waals surface area contributed by atoms with Gasteiger partial charge in [0.05, 0.1) is 7.11 Å². The maximum absolute atomic E-state index is 12.5. The van der Waals surface area contributed by atoms with Crippen LogP contribution in [0, 0.1) is 5.92 Å². The van der Waals surface area contributed by atoms with E-state index in [0.29, 0.717) is 26.1 Å². The van der Waals surface area contributed by atoms with Crippen molar-refractivity contribution in [2.45, 2.75) is 51.9 Å². The molecule has 0 spiro atoms. The fourth-order valence-corrected chi connectivity index (χ4v) is 3.30. The van der Waals surface area contributed by atoms with E-state index in [1.807, 2.05) is 52.0 Å². The van der Waals surface area contributed by atoms with Crippen molar-refractivity contribution >= 4 is 6.09 Å². The number of ether oxygens (including phenoxy) is 3. The summed E-state index contributed by atoms with van der Waals surface area (Å²) in [5.41, 5.74) is 0.511. The van der Waals surface area contributed by atoms with Crippen LogP contribution in [0.15, 0.2) is 24.3 Å². The first-order valence-corrected chi connectivity index (χ1v) is 9.16. The van der Waals surface area contributed by atoms with E-state index in [2.05, 4.69) is 0 Å². The van der Waals surface area contributed by atoms with Gasteiger partial charge in [0.1, 0.15) is 11.4 Å². The molecule has 6 heteroatoms. The van der Waals surface area contributed by atoms with Crippen LogP contribution in [0.5, 0.6) is 5.75 Å². The highest BCUT2D eigenvalue weighted by molar-refractivity contribution is 5.68. The number of hydrogen-bond donors (Lipinski definition) is 1. The van der Waals surface area contributed by atoms with E-state index in [-0.39, 0.29) is 17.9 Å². The summed E-state index contributed by atoms with van der Waals surface area (Å²) in [5, 5.41) is 10.4. The van der Waals surface area contributed by atoms with Gasteiger partial charge < -0.3 is 24.2 Å². The fourth-order valence-electron chi connectivity index (χ4n) is 3.30. The Morgan fingerprint density at radius 1 is 1.31 bits per heavy atom. The first-order valence-electron chi connectivity index (χ1n) is 9.16. The van der Waals surface area contributed by atoms with Gasteiger partial charge in [0.2, 0.25) is 0 Å². The summed E-state index contributed by atoms with van der Waals surface area (Å²) < 4.78 is 16.2. The maximum Gasteiger partial charge on any atom is 0.410 e. The number of rotatable bonds is 5. The molecule has 2 unspecified atom stereocenters. The molecule has 1 aliphatic heterocycles. The van der Waals surface area contributed by atoms with Crippen LogP contribution in [0.4, 0.5) is 4.79 Å². The van der Waals surface area contributed by atoms with Crippen molar-refractivity contribution in [2.75, 3.05) is 26.8 Å². The molecule has 6 nitrogen and oxygen atoms in total. The van der Waals surface area contributed by atoms with E-state index in [4.69, 9.17) is 14.2 Å².